The molecule has 2 aliphatic heterocycles. The first-order valence-electron chi connectivity index (χ1n) is 8.78. The topological polar surface area (TPSA) is 38.8 Å². The average Bonchev–Trinajstić information content (AvgIpc) is 3.04. The Balaban J connectivity index is 1.78. The standard InChI is InChI=1S/C20H28O3/c1-13-7-5-8-14(2)11-17-16(15(3)19(21)22-17)12-18-20(4,23-18)10-6-9-13/h8-9,16-18H,3,5-7,10-12H2,1-2,4H3/b13-9+,14-8+. The number of hydrogen-bond donors (Lipinski definition) is 0. The second-order valence-corrected chi connectivity index (χ2v) is 7.61. The normalized spacial score (nSPS) is 43.2. The van der Waals surface area contributed by atoms with Gasteiger partial charge in [0.1, 0.15) is 6.10 Å². The van der Waals surface area contributed by atoms with Crippen LogP contribution in [0.4, 0.5) is 0 Å². The fourth-order valence-corrected chi connectivity index (χ4v) is 3.84. The molecule has 4 unspecified atom stereocenters. The van der Waals surface area contributed by atoms with E-state index < -0.39 is 0 Å². The highest BCUT2D eigenvalue weighted by atomic mass is 16.6. The van der Waals surface area contributed by atoms with Crippen LogP contribution >= 0.6 is 0 Å². The van der Waals surface area contributed by atoms with Crippen LogP contribution in [0.2, 0.25) is 0 Å². The molecule has 1 aliphatic carbocycles. The van der Waals surface area contributed by atoms with E-state index >= 15 is 0 Å². The van der Waals surface area contributed by atoms with Crippen molar-refractivity contribution >= 4 is 5.97 Å². The van der Waals surface area contributed by atoms with E-state index in [0.717, 1.165) is 38.5 Å². The predicted octanol–water partition coefficient (Wildman–Crippen LogP) is 4.49. The Morgan fingerprint density at radius 2 is 1.96 bits per heavy atom. The van der Waals surface area contributed by atoms with Crippen molar-refractivity contribution in [1.82, 2.24) is 0 Å². The number of ether oxygens (including phenoxy) is 2. The van der Waals surface area contributed by atoms with Crippen LogP contribution < -0.4 is 0 Å². The summed E-state index contributed by atoms with van der Waals surface area (Å²) in [7, 11) is 0. The van der Waals surface area contributed by atoms with Gasteiger partial charge in [0.05, 0.1) is 11.7 Å². The molecule has 0 N–H and O–H groups in total. The van der Waals surface area contributed by atoms with Gasteiger partial charge < -0.3 is 9.47 Å². The molecular weight excluding hydrogens is 288 g/mol. The van der Waals surface area contributed by atoms with Crippen molar-refractivity contribution in [2.45, 2.75) is 77.1 Å². The maximum Gasteiger partial charge on any atom is 0.334 e. The second-order valence-electron chi connectivity index (χ2n) is 7.61. The third kappa shape index (κ3) is 3.60. The highest BCUT2D eigenvalue weighted by Crippen LogP contribution is 2.47. The minimum atomic E-state index is -0.225. The van der Waals surface area contributed by atoms with Crippen molar-refractivity contribution in [2.75, 3.05) is 0 Å². The number of hydrogen-bond acceptors (Lipinski definition) is 3. The molecule has 23 heavy (non-hydrogen) atoms. The number of allylic oxidation sites excluding steroid dienone is 3. The van der Waals surface area contributed by atoms with Crippen molar-refractivity contribution in [3.8, 4) is 0 Å². The number of fused-ring (bicyclic) bond motifs is 2. The summed E-state index contributed by atoms with van der Waals surface area (Å²) in [4.78, 5) is 11.9. The quantitative estimate of drug-likeness (QED) is 0.286. The molecule has 2 saturated heterocycles. The summed E-state index contributed by atoms with van der Waals surface area (Å²) in [6.07, 6.45) is 10.7. The third-order valence-electron chi connectivity index (χ3n) is 5.61. The zero-order valence-corrected chi connectivity index (χ0v) is 14.6. The van der Waals surface area contributed by atoms with Crippen LogP contribution in [0.25, 0.3) is 0 Å². The lowest BCUT2D eigenvalue weighted by atomic mass is 9.85. The first-order chi connectivity index (χ1) is 10.9. The Morgan fingerprint density at radius 3 is 2.74 bits per heavy atom. The Bertz CT molecular complexity index is 571. The molecule has 3 nitrogen and oxygen atoms in total. The van der Waals surface area contributed by atoms with Gasteiger partial charge in [0.2, 0.25) is 0 Å². The van der Waals surface area contributed by atoms with E-state index in [4.69, 9.17) is 9.47 Å². The Morgan fingerprint density at radius 1 is 1.22 bits per heavy atom. The summed E-state index contributed by atoms with van der Waals surface area (Å²) in [5.74, 6) is -0.130. The highest BCUT2D eigenvalue weighted by molar-refractivity contribution is 5.90. The molecule has 0 bridgehead atoms. The van der Waals surface area contributed by atoms with Gasteiger partial charge in [0, 0.05) is 17.9 Å². The van der Waals surface area contributed by atoms with E-state index in [1.807, 2.05) is 0 Å². The minimum Gasteiger partial charge on any atom is -0.458 e. The van der Waals surface area contributed by atoms with E-state index in [9.17, 15) is 4.79 Å². The van der Waals surface area contributed by atoms with Crippen molar-refractivity contribution < 1.29 is 14.3 Å². The summed E-state index contributed by atoms with van der Waals surface area (Å²) < 4.78 is 11.6. The van der Waals surface area contributed by atoms with Gasteiger partial charge in [-0.15, -0.1) is 0 Å². The van der Waals surface area contributed by atoms with Gasteiger partial charge in [-0.05, 0) is 52.9 Å². The van der Waals surface area contributed by atoms with E-state index in [0.29, 0.717) is 5.57 Å². The SMILES string of the molecule is C=C1C(=O)OC2C/C(C)=C/CC/C(C)=C/CCC3(C)OC3CC12. The Hall–Kier alpha value is -1.35. The smallest absolute Gasteiger partial charge is 0.334 e. The maximum atomic E-state index is 11.9. The van der Waals surface area contributed by atoms with E-state index in [1.165, 1.54) is 11.1 Å². The van der Waals surface area contributed by atoms with Crippen molar-refractivity contribution in [3.63, 3.8) is 0 Å². The summed E-state index contributed by atoms with van der Waals surface area (Å²) in [5.41, 5.74) is 3.34. The molecule has 2 fully saturated rings. The molecule has 0 amide bonds. The van der Waals surface area contributed by atoms with Gasteiger partial charge in [-0.2, -0.15) is 0 Å². The maximum absolute atomic E-state index is 11.9. The van der Waals surface area contributed by atoms with E-state index in [1.54, 1.807) is 0 Å². The molecule has 0 radical (unpaired) electrons. The highest BCUT2D eigenvalue weighted by Gasteiger charge is 2.54. The monoisotopic (exact) mass is 316 g/mol. The Kier molecular flexibility index (Phi) is 4.50. The summed E-state index contributed by atoms with van der Waals surface area (Å²) in [6, 6.07) is 0. The molecule has 3 aliphatic rings. The second kappa shape index (κ2) is 6.27. The van der Waals surface area contributed by atoms with Crippen LogP contribution in [0.3, 0.4) is 0 Å². The number of epoxide rings is 1. The van der Waals surface area contributed by atoms with Gasteiger partial charge in [-0.1, -0.05) is 29.9 Å². The van der Waals surface area contributed by atoms with Crippen LogP contribution in [0.5, 0.6) is 0 Å². The number of rotatable bonds is 0. The molecule has 0 saturated carbocycles. The lowest BCUT2D eigenvalue weighted by molar-refractivity contribution is -0.139. The van der Waals surface area contributed by atoms with Gasteiger partial charge >= 0.3 is 5.97 Å². The fourth-order valence-electron chi connectivity index (χ4n) is 3.84. The molecule has 0 aromatic heterocycles. The molecule has 3 heteroatoms. The number of esters is 1. The van der Waals surface area contributed by atoms with Gasteiger partial charge in [-0.3, -0.25) is 0 Å². The van der Waals surface area contributed by atoms with Crippen LogP contribution in [0, 0.1) is 5.92 Å². The van der Waals surface area contributed by atoms with Gasteiger partial charge in [0.15, 0.2) is 0 Å². The molecule has 0 aromatic rings. The third-order valence-corrected chi connectivity index (χ3v) is 5.61. The van der Waals surface area contributed by atoms with Crippen LogP contribution in [0.1, 0.15) is 59.3 Å². The van der Waals surface area contributed by atoms with Crippen LogP contribution in [-0.4, -0.2) is 23.8 Å². The zero-order valence-electron chi connectivity index (χ0n) is 14.6. The predicted molar refractivity (Wildman–Crippen MR) is 91.0 cm³/mol. The van der Waals surface area contributed by atoms with Crippen molar-refractivity contribution in [2.24, 2.45) is 5.92 Å². The van der Waals surface area contributed by atoms with Gasteiger partial charge in [0.25, 0.3) is 0 Å². The van der Waals surface area contributed by atoms with E-state index in [2.05, 4.69) is 39.5 Å². The average molecular weight is 316 g/mol. The van der Waals surface area contributed by atoms with E-state index in [-0.39, 0.29) is 29.7 Å². The molecule has 4 atom stereocenters. The van der Waals surface area contributed by atoms with Crippen LogP contribution in [0.15, 0.2) is 35.5 Å². The molecule has 0 spiro atoms. The molecule has 126 valence electrons. The molecule has 3 rings (SSSR count). The number of carbonyl (C=O) groups is 1. The molecule has 0 aromatic carbocycles. The minimum absolute atomic E-state index is 0.0394. The summed E-state index contributed by atoms with van der Waals surface area (Å²) in [6.45, 7) is 10.5. The lowest BCUT2D eigenvalue weighted by Gasteiger charge is -2.18. The first kappa shape index (κ1) is 16.5. The summed E-state index contributed by atoms with van der Waals surface area (Å²) in [5, 5.41) is 0. The number of carbonyl (C=O) groups excluding carboxylic acids is 1. The van der Waals surface area contributed by atoms with Crippen LogP contribution in [-0.2, 0) is 14.3 Å². The lowest BCUT2D eigenvalue weighted by Crippen LogP contribution is -2.21. The van der Waals surface area contributed by atoms with Crippen molar-refractivity contribution in [1.29, 1.82) is 0 Å². The first-order valence-corrected chi connectivity index (χ1v) is 8.78. The largest absolute Gasteiger partial charge is 0.458 e. The fraction of sp³-hybridized carbons (Fsp3) is 0.650. The molecule has 2 heterocycles. The Labute approximate surface area is 139 Å². The zero-order chi connectivity index (χ0) is 16.6. The molecular formula is C20H28O3. The van der Waals surface area contributed by atoms with Crippen molar-refractivity contribution in [3.05, 3.63) is 35.5 Å². The van der Waals surface area contributed by atoms with Gasteiger partial charge in [-0.25, -0.2) is 4.79 Å². The summed E-state index contributed by atoms with van der Waals surface area (Å²) >= 11 is 0.